The number of rotatable bonds is 0. The van der Waals surface area contributed by atoms with Gasteiger partial charge < -0.3 is 0 Å². The van der Waals surface area contributed by atoms with Gasteiger partial charge >= 0.3 is 0 Å². The summed E-state index contributed by atoms with van der Waals surface area (Å²) < 4.78 is 0. The van der Waals surface area contributed by atoms with Crippen LogP contribution >= 0.6 is 0 Å². The number of hydrogen-bond acceptors (Lipinski definition) is 0. The van der Waals surface area contributed by atoms with Crippen LogP contribution in [0.25, 0.3) is 0 Å². The Labute approximate surface area is 80.7 Å². The first kappa shape index (κ1) is 9.79. The quantitative estimate of drug-likeness (QED) is 0.487. The van der Waals surface area contributed by atoms with Gasteiger partial charge in [0.15, 0.2) is 0 Å². The van der Waals surface area contributed by atoms with E-state index in [2.05, 4.69) is 48.6 Å². The Morgan fingerprint density at radius 3 is 2.23 bits per heavy atom. The average molecular weight is 171 g/mol. The lowest BCUT2D eigenvalue weighted by Gasteiger charge is -1.80. The molecule has 0 heteroatoms. The van der Waals surface area contributed by atoms with E-state index >= 15 is 0 Å². The third kappa shape index (κ3) is 5.92. The summed E-state index contributed by atoms with van der Waals surface area (Å²) in [5.41, 5.74) is 0. The van der Waals surface area contributed by atoms with Crippen LogP contribution in [0.1, 0.15) is 19.3 Å². The monoisotopic (exact) mass is 171 g/mol. The van der Waals surface area contributed by atoms with Gasteiger partial charge in [0.2, 0.25) is 0 Å². The van der Waals surface area contributed by atoms with E-state index < -0.39 is 0 Å². The molecule has 0 bridgehead atoms. The highest BCUT2D eigenvalue weighted by Crippen LogP contribution is 1.94. The Bertz CT molecular complexity index is 223. The second-order valence-corrected chi connectivity index (χ2v) is 2.80. The molecule has 0 amide bonds. The molecule has 0 nitrogen and oxygen atoms in total. The van der Waals surface area contributed by atoms with Crippen LogP contribution in [0.3, 0.4) is 0 Å². The first-order valence-electron chi connectivity index (χ1n) is 4.68. The molecule has 0 saturated heterocycles. The van der Waals surface area contributed by atoms with E-state index in [0.29, 0.717) is 0 Å². The summed E-state index contributed by atoms with van der Waals surface area (Å²) in [6.45, 7) is 0. The van der Waals surface area contributed by atoms with Crippen molar-refractivity contribution in [1.29, 1.82) is 0 Å². The van der Waals surface area contributed by atoms with E-state index in [1.165, 1.54) is 0 Å². The van der Waals surface area contributed by atoms with Gasteiger partial charge in [0, 0.05) is 0 Å². The Morgan fingerprint density at radius 1 is 0.692 bits per heavy atom. The molecule has 1 radical (unpaired) electrons. The molecule has 0 unspecified atom stereocenters. The molecular weight excluding hydrogens is 156 g/mol. The predicted octanol–water partition coefficient (Wildman–Crippen LogP) is 3.75. The highest BCUT2D eigenvalue weighted by atomic mass is 13.8. The van der Waals surface area contributed by atoms with Crippen molar-refractivity contribution in [2.75, 3.05) is 0 Å². The molecule has 0 aromatic rings. The van der Waals surface area contributed by atoms with Gasteiger partial charge in [-0.3, -0.25) is 0 Å². The summed E-state index contributed by atoms with van der Waals surface area (Å²) in [5, 5.41) is 0. The summed E-state index contributed by atoms with van der Waals surface area (Å²) >= 11 is 0. The smallest absolute Gasteiger partial charge is 0.00915 e. The zero-order chi connectivity index (χ0) is 9.19. The van der Waals surface area contributed by atoms with Crippen molar-refractivity contribution in [1.82, 2.24) is 0 Å². The molecular formula is C13H15. The average Bonchev–Trinajstić information content (AvgIpc) is 2.18. The van der Waals surface area contributed by atoms with Gasteiger partial charge in [-0.15, -0.1) is 0 Å². The van der Waals surface area contributed by atoms with Crippen LogP contribution in [0, 0.1) is 6.08 Å². The lowest BCUT2D eigenvalue weighted by atomic mass is 10.3. The molecule has 1 aliphatic rings. The van der Waals surface area contributed by atoms with E-state index in [0.717, 1.165) is 19.3 Å². The molecule has 67 valence electrons. The van der Waals surface area contributed by atoms with Crippen LogP contribution in [0.4, 0.5) is 0 Å². The molecule has 13 heavy (non-hydrogen) atoms. The standard InChI is InChI=1S/C13H15/c1-2-4-6-8-10-12-13-11-9-7-5-3-1/h1-4,7,9-10,12-13H,5-6,11H2/b3-1+,4-2+,9-7-,10-8?,13-12-. The van der Waals surface area contributed by atoms with Gasteiger partial charge in [0.05, 0.1) is 0 Å². The Balaban J connectivity index is 2.49. The lowest BCUT2D eigenvalue weighted by molar-refractivity contribution is 1.31. The van der Waals surface area contributed by atoms with Crippen LogP contribution in [0.2, 0.25) is 0 Å². The maximum Gasteiger partial charge on any atom is -0.00915 e. The molecule has 0 N–H and O–H groups in total. The molecule has 0 saturated carbocycles. The third-order valence-electron chi connectivity index (χ3n) is 1.68. The first-order chi connectivity index (χ1) is 6.50. The van der Waals surface area contributed by atoms with Gasteiger partial charge in [-0.1, -0.05) is 54.7 Å². The Morgan fingerprint density at radius 2 is 1.38 bits per heavy atom. The molecule has 0 aromatic carbocycles. The van der Waals surface area contributed by atoms with Crippen LogP contribution in [0.5, 0.6) is 0 Å². The molecule has 0 fully saturated rings. The van der Waals surface area contributed by atoms with Gasteiger partial charge in [-0.2, -0.15) is 0 Å². The van der Waals surface area contributed by atoms with E-state index in [4.69, 9.17) is 0 Å². The van der Waals surface area contributed by atoms with Crippen LogP contribution < -0.4 is 0 Å². The number of allylic oxidation sites excluding steroid dienone is 10. The topological polar surface area (TPSA) is 0 Å². The fraction of sp³-hybridized carbons (Fsp3) is 0.231. The van der Waals surface area contributed by atoms with Gasteiger partial charge in [-0.05, 0) is 25.3 Å². The van der Waals surface area contributed by atoms with Crippen LogP contribution in [0.15, 0.2) is 54.7 Å². The Kier molecular flexibility index (Phi) is 5.54. The second-order valence-electron chi connectivity index (χ2n) is 2.80. The molecule has 0 aliphatic heterocycles. The minimum atomic E-state index is 0.891. The maximum absolute atomic E-state index is 3.17. The zero-order valence-corrected chi connectivity index (χ0v) is 7.82. The molecule has 0 spiro atoms. The highest BCUT2D eigenvalue weighted by Gasteiger charge is 1.74. The maximum atomic E-state index is 3.17. The van der Waals surface area contributed by atoms with Crippen molar-refractivity contribution in [2.45, 2.75) is 19.3 Å². The predicted molar refractivity (Wildman–Crippen MR) is 58.2 cm³/mol. The fourth-order valence-corrected chi connectivity index (χ4v) is 1.00. The fourth-order valence-electron chi connectivity index (χ4n) is 1.00. The summed E-state index contributed by atoms with van der Waals surface area (Å²) in [6.07, 6.45) is 25.0. The van der Waals surface area contributed by atoms with Crippen molar-refractivity contribution >= 4 is 0 Å². The summed E-state index contributed by atoms with van der Waals surface area (Å²) in [7, 11) is 0. The molecule has 0 atom stereocenters. The molecule has 1 aliphatic carbocycles. The minimum Gasteiger partial charge on any atom is -0.0844 e. The van der Waals surface area contributed by atoms with Crippen LogP contribution in [-0.4, -0.2) is 0 Å². The van der Waals surface area contributed by atoms with E-state index in [1.54, 1.807) is 0 Å². The van der Waals surface area contributed by atoms with Crippen LogP contribution in [-0.2, 0) is 0 Å². The van der Waals surface area contributed by atoms with E-state index in [-0.39, 0.29) is 0 Å². The largest absolute Gasteiger partial charge is 0.0844 e. The van der Waals surface area contributed by atoms with Gasteiger partial charge in [0.1, 0.15) is 0 Å². The van der Waals surface area contributed by atoms with E-state index in [1.807, 2.05) is 12.2 Å². The summed E-state index contributed by atoms with van der Waals surface area (Å²) in [4.78, 5) is 0. The van der Waals surface area contributed by atoms with Crippen molar-refractivity contribution in [3.05, 3.63) is 60.8 Å². The Hall–Kier alpha value is -1.30. The van der Waals surface area contributed by atoms with Gasteiger partial charge in [-0.25, -0.2) is 0 Å². The van der Waals surface area contributed by atoms with Crippen molar-refractivity contribution < 1.29 is 0 Å². The zero-order valence-electron chi connectivity index (χ0n) is 7.82. The summed E-state index contributed by atoms with van der Waals surface area (Å²) in [6, 6.07) is 0. The van der Waals surface area contributed by atoms with Crippen molar-refractivity contribution in [3.8, 4) is 0 Å². The normalized spacial score (nSPS) is 30.2. The molecule has 0 aromatic heterocycles. The highest BCUT2D eigenvalue weighted by molar-refractivity contribution is 5.09. The summed E-state index contributed by atoms with van der Waals surface area (Å²) in [5.74, 6) is 0. The van der Waals surface area contributed by atoms with Crippen molar-refractivity contribution in [2.24, 2.45) is 0 Å². The van der Waals surface area contributed by atoms with E-state index in [9.17, 15) is 0 Å². The second kappa shape index (κ2) is 7.35. The molecule has 0 heterocycles. The minimum absolute atomic E-state index is 0.891. The molecule has 1 rings (SSSR count). The van der Waals surface area contributed by atoms with Gasteiger partial charge in [0.25, 0.3) is 0 Å². The number of hydrogen-bond donors (Lipinski definition) is 0. The SMILES string of the molecule is [C]1=C/C=C\C/C=C\C/C=C/C=C/C/1. The lowest BCUT2D eigenvalue weighted by Crippen LogP contribution is -1.59. The first-order valence-corrected chi connectivity index (χ1v) is 4.68. The third-order valence-corrected chi connectivity index (χ3v) is 1.68. The van der Waals surface area contributed by atoms with Crippen molar-refractivity contribution in [3.63, 3.8) is 0 Å².